The van der Waals surface area contributed by atoms with Crippen molar-refractivity contribution in [2.45, 2.75) is 64.1 Å². The van der Waals surface area contributed by atoms with E-state index in [4.69, 9.17) is 0 Å². The molecule has 3 unspecified atom stereocenters. The quantitative estimate of drug-likeness (QED) is 0.847. The molecule has 2 aliphatic rings. The van der Waals surface area contributed by atoms with Gasteiger partial charge in [0.15, 0.2) is 0 Å². The molecule has 2 nitrogen and oxygen atoms in total. The summed E-state index contributed by atoms with van der Waals surface area (Å²) < 4.78 is 0. The molecule has 1 heterocycles. The molecule has 1 aromatic carbocycles. The second kappa shape index (κ2) is 7.42. The lowest BCUT2D eigenvalue weighted by atomic mass is 10.0. The highest BCUT2D eigenvalue weighted by atomic mass is 15.2. The summed E-state index contributed by atoms with van der Waals surface area (Å²) in [5.41, 5.74) is 1.45. The van der Waals surface area contributed by atoms with Crippen LogP contribution in [-0.2, 0) is 6.54 Å². The van der Waals surface area contributed by atoms with Crippen LogP contribution in [0.5, 0.6) is 0 Å². The normalized spacial score (nSPS) is 31.2. The number of hydrogen-bond donors (Lipinski definition) is 1. The summed E-state index contributed by atoms with van der Waals surface area (Å²) in [6.07, 6.45) is 8.36. The van der Waals surface area contributed by atoms with E-state index in [0.29, 0.717) is 6.04 Å². The van der Waals surface area contributed by atoms with Crippen molar-refractivity contribution in [2.24, 2.45) is 5.92 Å². The van der Waals surface area contributed by atoms with Crippen molar-refractivity contribution in [3.8, 4) is 0 Å². The largest absolute Gasteiger partial charge is 0.310 e. The maximum absolute atomic E-state index is 3.95. The lowest BCUT2D eigenvalue weighted by molar-refractivity contribution is 0.310. The van der Waals surface area contributed by atoms with Gasteiger partial charge in [0.1, 0.15) is 0 Å². The molecular formula is C19H30N2. The van der Waals surface area contributed by atoms with Gasteiger partial charge in [0.25, 0.3) is 0 Å². The maximum Gasteiger partial charge on any atom is 0.0234 e. The zero-order valence-corrected chi connectivity index (χ0v) is 13.4. The van der Waals surface area contributed by atoms with E-state index in [9.17, 15) is 0 Å². The number of nitrogens with one attached hydrogen (secondary N) is 1. The van der Waals surface area contributed by atoms with Crippen molar-refractivity contribution < 1.29 is 0 Å². The van der Waals surface area contributed by atoms with E-state index >= 15 is 0 Å². The predicted octanol–water partition coefficient (Wildman–Crippen LogP) is 3.82. The Hall–Kier alpha value is -0.860. The van der Waals surface area contributed by atoms with E-state index in [-0.39, 0.29) is 0 Å². The van der Waals surface area contributed by atoms with Crippen LogP contribution < -0.4 is 5.32 Å². The molecule has 0 bridgehead atoms. The first-order valence-electron chi connectivity index (χ1n) is 8.82. The lowest BCUT2D eigenvalue weighted by Crippen LogP contribution is -2.39. The van der Waals surface area contributed by atoms with Gasteiger partial charge in [-0.15, -0.1) is 0 Å². The zero-order chi connectivity index (χ0) is 14.5. The molecule has 2 heteroatoms. The summed E-state index contributed by atoms with van der Waals surface area (Å²) in [5, 5.41) is 3.95. The molecule has 1 aliphatic heterocycles. The lowest BCUT2D eigenvalue weighted by Gasteiger charge is -2.22. The summed E-state index contributed by atoms with van der Waals surface area (Å²) in [6.45, 7) is 6.00. The van der Waals surface area contributed by atoms with Gasteiger partial charge in [-0.2, -0.15) is 0 Å². The molecule has 3 rings (SSSR count). The van der Waals surface area contributed by atoms with E-state index < -0.39 is 0 Å². The van der Waals surface area contributed by atoms with Crippen LogP contribution >= 0.6 is 0 Å². The minimum Gasteiger partial charge on any atom is -0.310 e. The second-order valence-electron chi connectivity index (χ2n) is 7.18. The average molecular weight is 286 g/mol. The third-order valence-electron chi connectivity index (χ3n) is 5.25. The number of benzene rings is 1. The highest BCUT2D eigenvalue weighted by molar-refractivity contribution is 5.14. The molecule has 116 valence electrons. The minimum atomic E-state index is 0.715. The van der Waals surface area contributed by atoms with Crippen LogP contribution in [0.1, 0.15) is 51.0 Å². The minimum absolute atomic E-state index is 0.715. The van der Waals surface area contributed by atoms with Gasteiger partial charge >= 0.3 is 0 Å². The third kappa shape index (κ3) is 4.55. The van der Waals surface area contributed by atoms with E-state index in [0.717, 1.165) is 18.5 Å². The van der Waals surface area contributed by atoms with Gasteiger partial charge in [0.05, 0.1) is 0 Å². The molecule has 1 aromatic rings. The molecule has 1 saturated carbocycles. The molecule has 2 fully saturated rings. The molecule has 21 heavy (non-hydrogen) atoms. The van der Waals surface area contributed by atoms with Crippen molar-refractivity contribution in [3.63, 3.8) is 0 Å². The smallest absolute Gasteiger partial charge is 0.0234 e. The molecule has 3 atom stereocenters. The van der Waals surface area contributed by atoms with Crippen molar-refractivity contribution in [1.82, 2.24) is 10.2 Å². The Bertz CT molecular complexity index is 417. The summed E-state index contributed by atoms with van der Waals surface area (Å²) in [5.74, 6) is 0.940. The van der Waals surface area contributed by atoms with Crippen LogP contribution in [0.3, 0.4) is 0 Å². The van der Waals surface area contributed by atoms with Crippen molar-refractivity contribution in [3.05, 3.63) is 35.9 Å². The molecule has 1 aliphatic carbocycles. The Kier molecular flexibility index (Phi) is 5.32. The van der Waals surface area contributed by atoms with Crippen LogP contribution in [0.4, 0.5) is 0 Å². The monoisotopic (exact) mass is 286 g/mol. The number of likely N-dealkylation sites (tertiary alicyclic amines) is 1. The Morgan fingerprint density at radius 1 is 1.00 bits per heavy atom. The Labute approximate surface area is 129 Å². The number of hydrogen-bond acceptors (Lipinski definition) is 2. The van der Waals surface area contributed by atoms with E-state index in [1.807, 2.05) is 0 Å². The first-order chi connectivity index (χ1) is 10.3. The van der Waals surface area contributed by atoms with E-state index in [1.54, 1.807) is 0 Å². The molecule has 0 spiro atoms. The summed E-state index contributed by atoms with van der Waals surface area (Å²) in [7, 11) is 0. The SMILES string of the molecule is CC1CCCC(NC2CCN(Cc3ccccc3)C2)CC1. The first kappa shape index (κ1) is 15.1. The fraction of sp³-hybridized carbons (Fsp3) is 0.684. The van der Waals surface area contributed by atoms with Gasteiger partial charge in [-0.1, -0.05) is 50.1 Å². The highest BCUT2D eigenvalue weighted by Gasteiger charge is 2.25. The first-order valence-corrected chi connectivity index (χ1v) is 8.82. The number of nitrogens with zero attached hydrogens (tertiary/aromatic N) is 1. The highest BCUT2D eigenvalue weighted by Crippen LogP contribution is 2.24. The molecule has 0 radical (unpaired) electrons. The van der Waals surface area contributed by atoms with Gasteiger partial charge < -0.3 is 5.32 Å². The van der Waals surface area contributed by atoms with Crippen molar-refractivity contribution in [2.75, 3.05) is 13.1 Å². The van der Waals surface area contributed by atoms with Gasteiger partial charge in [0, 0.05) is 31.7 Å². The predicted molar refractivity (Wildman–Crippen MR) is 89.3 cm³/mol. The van der Waals surface area contributed by atoms with Crippen LogP contribution in [-0.4, -0.2) is 30.1 Å². The number of rotatable bonds is 4. The molecule has 1 saturated heterocycles. The van der Waals surface area contributed by atoms with Crippen LogP contribution in [0, 0.1) is 5.92 Å². The van der Waals surface area contributed by atoms with Crippen LogP contribution in [0.25, 0.3) is 0 Å². The van der Waals surface area contributed by atoms with E-state index in [1.165, 1.54) is 57.2 Å². The Morgan fingerprint density at radius 2 is 1.86 bits per heavy atom. The molecular weight excluding hydrogens is 256 g/mol. The summed E-state index contributed by atoms with van der Waals surface area (Å²) in [4.78, 5) is 2.60. The topological polar surface area (TPSA) is 15.3 Å². The fourth-order valence-corrected chi connectivity index (χ4v) is 3.94. The fourth-order valence-electron chi connectivity index (χ4n) is 3.94. The van der Waals surface area contributed by atoms with Crippen molar-refractivity contribution >= 4 is 0 Å². The van der Waals surface area contributed by atoms with Gasteiger partial charge in [-0.05, 0) is 37.2 Å². The maximum atomic E-state index is 3.95. The standard InChI is InChI=1S/C19H30N2/c1-16-6-5-9-18(11-10-16)20-19-12-13-21(15-19)14-17-7-3-2-4-8-17/h2-4,7-8,16,18-20H,5-6,9-15H2,1H3. The average Bonchev–Trinajstić information content (AvgIpc) is 2.82. The zero-order valence-electron chi connectivity index (χ0n) is 13.4. The third-order valence-corrected chi connectivity index (χ3v) is 5.25. The van der Waals surface area contributed by atoms with Gasteiger partial charge in [0.2, 0.25) is 0 Å². The molecule has 0 amide bonds. The van der Waals surface area contributed by atoms with Crippen LogP contribution in [0.15, 0.2) is 30.3 Å². The Balaban J connectivity index is 1.44. The molecule has 1 N–H and O–H groups in total. The van der Waals surface area contributed by atoms with Crippen molar-refractivity contribution in [1.29, 1.82) is 0 Å². The van der Waals surface area contributed by atoms with E-state index in [2.05, 4.69) is 47.5 Å². The Morgan fingerprint density at radius 3 is 2.71 bits per heavy atom. The summed E-state index contributed by atoms with van der Waals surface area (Å²) >= 11 is 0. The van der Waals surface area contributed by atoms with Gasteiger partial charge in [-0.25, -0.2) is 0 Å². The van der Waals surface area contributed by atoms with Crippen LogP contribution in [0.2, 0.25) is 0 Å². The second-order valence-corrected chi connectivity index (χ2v) is 7.18. The molecule has 0 aromatic heterocycles. The summed E-state index contributed by atoms with van der Waals surface area (Å²) in [6, 6.07) is 12.4. The van der Waals surface area contributed by atoms with Gasteiger partial charge in [-0.3, -0.25) is 4.90 Å².